The molecule has 0 fully saturated rings. The van der Waals surface area contributed by atoms with E-state index in [0.29, 0.717) is 12.1 Å². The molecule has 0 aromatic heterocycles. The summed E-state index contributed by atoms with van der Waals surface area (Å²) in [7, 11) is -2.13. The predicted octanol–water partition coefficient (Wildman–Crippen LogP) is 1.33. The molecule has 0 unspecified atom stereocenters. The van der Waals surface area contributed by atoms with Crippen LogP contribution in [0.4, 0.5) is 5.69 Å². The van der Waals surface area contributed by atoms with Crippen molar-refractivity contribution in [3.8, 4) is 0 Å². The Labute approximate surface area is 101 Å². The van der Waals surface area contributed by atoms with Gasteiger partial charge in [0.05, 0.1) is 4.90 Å². The fourth-order valence-electron chi connectivity index (χ4n) is 1.31. The second-order valence-corrected chi connectivity index (χ2v) is 5.42. The minimum Gasteiger partial charge on any atom is -0.326 e. The van der Waals surface area contributed by atoms with E-state index in [9.17, 15) is 13.2 Å². The first-order valence-corrected chi connectivity index (χ1v) is 6.81. The minimum absolute atomic E-state index is 0.119. The SMILES string of the molecule is CCCC(=O)Nc1cccc(S(=O)(=O)NC)c1. The summed E-state index contributed by atoms with van der Waals surface area (Å²) in [6.07, 6.45) is 1.17. The van der Waals surface area contributed by atoms with Crippen LogP contribution in [0, 0.1) is 0 Å². The van der Waals surface area contributed by atoms with E-state index in [4.69, 9.17) is 0 Å². The largest absolute Gasteiger partial charge is 0.326 e. The second-order valence-electron chi connectivity index (χ2n) is 3.53. The van der Waals surface area contributed by atoms with Crippen molar-refractivity contribution in [2.75, 3.05) is 12.4 Å². The molecular formula is C11H16N2O3S. The van der Waals surface area contributed by atoms with Crippen molar-refractivity contribution in [1.82, 2.24) is 4.72 Å². The van der Waals surface area contributed by atoms with Gasteiger partial charge in [-0.1, -0.05) is 13.0 Å². The number of hydrogen-bond acceptors (Lipinski definition) is 3. The van der Waals surface area contributed by atoms with Gasteiger partial charge in [-0.15, -0.1) is 0 Å². The molecule has 0 aliphatic heterocycles. The van der Waals surface area contributed by atoms with Gasteiger partial charge in [0.15, 0.2) is 0 Å². The molecule has 0 saturated carbocycles. The van der Waals surface area contributed by atoms with Crippen molar-refractivity contribution in [2.45, 2.75) is 24.7 Å². The molecule has 17 heavy (non-hydrogen) atoms. The van der Waals surface area contributed by atoms with Gasteiger partial charge in [-0.25, -0.2) is 13.1 Å². The maximum atomic E-state index is 11.5. The summed E-state index contributed by atoms with van der Waals surface area (Å²) in [6, 6.07) is 6.15. The molecule has 0 atom stereocenters. The van der Waals surface area contributed by atoms with Gasteiger partial charge < -0.3 is 5.32 Å². The normalized spacial score (nSPS) is 11.2. The first kappa shape index (κ1) is 13.7. The van der Waals surface area contributed by atoms with E-state index in [-0.39, 0.29) is 10.8 Å². The first-order valence-electron chi connectivity index (χ1n) is 5.33. The third-order valence-electron chi connectivity index (χ3n) is 2.17. The van der Waals surface area contributed by atoms with Gasteiger partial charge in [-0.3, -0.25) is 4.79 Å². The highest BCUT2D eigenvalue weighted by Gasteiger charge is 2.11. The highest BCUT2D eigenvalue weighted by molar-refractivity contribution is 7.89. The highest BCUT2D eigenvalue weighted by atomic mass is 32.2. The van der Waals surface area contributed by atoms with Gasteiger partial charge in [-0.2, -0.15) is 0 Å². The quantitative estimate of drug-likeness (QED) is 0.834. The van der Waals surface area contributed by atoms with Crippen LogP contribution in [0.3, 0.4) is 0 Å². The van der Waals surface area contributed by atoms with Crippen LogP contribution in [0.2, 0.25) is 0 Å². The molecule has 0 radical (unpaired) electrons. The van der Waals surface area contributed by atoms with E-state index in [1.807, 2.05) is 6.92 Å². The number of anilines is 1. The minimum atomic E-state index is -3.47. The molecule has 2 N–H and O–H groups in total. The Balaban J connectivity index is 2.91. The third kappa shape index (κ3) is 3.83. The average Bonchev–Trinajstić information content (AvgIpc) is 2.29. The van der Waals surface area contributed by atoms with Crippen molar-refractivity contribution in [3.05, 3.63) is 24.3 Å². The number of hydrogen-bond donors (Lipinski definition) is 2. The number of amides is 1. The molecule has 0 bridgehead atoms. The van der Waals surface area contributed by atoms with Crippen LogP contribution >= 0.6 is 0 Å². The van der Waals surface area contributed by atoms with Crippen molar-refractivity contribution in [3.63, 3.8) is 0 Å². The highest BCUT2D eigenvalue weighted by Crippen LogP contribution is 2.15. The van der Waals surface area contributed by atoms with Crippen LogP contribution in [-0.2, 0) is 14.8 Å². The lowest BCUT2D eigenvalue weighted by atomic mass is 10.3. The van der Waals surface area contributed by atoms with Crippen LogP contribution in [0.5, 0.6) is 0 Å². The summed E-state index contributed by atoms with van der Waals surface area (Å²) >= 11 is 0. The van der Waals surface area contributed by atoms with Gasteiger partial charge >= 0.3 is 0 Å². The van der Waals surface area contributed by atoms with E-state index >= 15 is 0 Å². The summed E-state index contributed by atoms with van der Waals surface area (Å²) in [6.45, 7) is 1.90. The zero-order valence-electron chi connectivity index (χ0n) is 9.86. The monoisotopic (exact) mass is 256 g/mol. The van der Waals surface area contributed by atoms with Gasteiger partial charge in [0.2, 0.25) is 15.9 Å². The predicted molar refractivity (Wildman–Crippen MR) is 66.2 cm³/mol. The fraction of sp³-hybridized carbons (Fsp3) is 0.364. The number of rotatable bonds is 5. The lowest BCUT2D eigenvalue weighted by molar-refractivity contribution is -0.116. The van der Waals surface area contributed by atoms with Crippen LogP contribution in [0.1, 0.15) is 19.8 Å². The van der Waals surface area contributed by atoms with Crippen molar-refractivity contribution >= 4 is 21.6 Å². The number of sulfonamides is 1. The van der Waals surface area contributed by atoms with Crippen molar-refractivity contribution < 1.29 is 13.2 Å². The van der Waals surface area contributed by atoms with E-state index in [1.54, 1.807) is 12.1 Å². The van der Waals surface area contributed by atoms with Crippen LogP contribution in [0.15, 0.2) is 29.2 Å². The molecule has 0 spiro atoms. The van der Waals surface area contributed by atoms with Crippen molar-refractivity contribution in [2.24, 2.45) is 0 Å². The van der Waals surface area contributed by atoms with E-state index < -0.39 is 10.0 Å². The molecule has 0 aliphatic rings. The molecule has 0 aliphatic carbocycles. The zero-order valence-corrected chi connectivity index (χ0v) is 10.7. The maximum absolute atomic E-state index is 11.5. The summed E-state index contributed by atoms with van der Waals surface area (Å²) in [5, 5.41) is 2.65. The maximum Gasteiger partial charge on any atom is 0.240 e. The Morgan fingerprint density at radius 3 is 2.65 bits per heavy atom. The Hall–Kier alpha value is -1.40. The molecule has 1 aromatic rings. The number of nitrogens with one attached hydrogen (secondary N) is 2. The van der Waals surface area contributed by atoms with E-state index in [0.717, 1.165) is 6.42 Å². The number of carbonyl (C=O) groups excluding carboxylic acids is 1. The Kier molecular flexibility index (Phi) is 4.65. The van der Waals surface area contributed by atoms with Crippen LogP contribution < -0.4 is 10.0 Å². The van der Waals surface area contributed by atoms with E-state index in [1.165, 1.54) is 19.2 Å². The fourth-order valence-corrected chi connectivity index (χ4v) is 2.08. The Morgan fingerprint density at radius 1 is 1.35 bits per heavy atom. The molecule has 1 aromatic carbocycles. The first-order chi connectivity index (χ1) is 7.99. The molecule has 0 saturated heterocycles. The number of benzene rings is 1. The zero-order chi connectivity index (χ0) is 12.9. The molecular weight excluding hydrogens is 240 g/mol. The topological polar surface area (TPSA) is 75.3 Å². The molecule has 94 valence electrons. The van der Waals surface area contributed by atoms with Crippen LogP contribution in [0.25, 0.3) is 0 Å². The molecule has 6 heteroatoms. The van der Waals surface area contributed by atoms with Crippen LogP contribution in [-0.4, -0.2) is 21.4 Å². The molecule has 5 nitrogen and oxygen atoms in total. The molecule has 1 amide bonds. The van der Waals surface area contributed by atoms with Crippen molar-refractivity contribution in [1.29, 1.82) is 0 Å². The summed E-state index contributed by atoms with van der Waals surface area (Å²) in [4.78, 5) is 11.5. The van der Waals surface area contributed by atoms with Gasteiger partial charge in [0, 0.05) is 12.1 Å². The van der Waals surface area contributed by atoms with E-state index in [2.05, 4.69) is 10.0 Å². The standard InChI is InChI=1S/C11H16N2O3S/c1-3-5-11(14)13-9-6-4-7-10(8-9)17(15,16)12-2/h4,6-8,12H,3,5H2,1-2H3,(H,13,14). The average molecular weight is 256 g/mol. The summed E-state index contributed by atoms with van der Waals surface area (Å²) in [5.74, 6) is -0.119. The summed E-state index contributed by atoms with van der Waals surface area (Å²) < 4.78 is 25.3. The number of carbonyl (C=O) groups is 1. The molecule has 0 heterocycles. The lowest BCUT2D eigenvalue weighted by Gasteiger charge is -2.07. The Bertz CT molecular complexity index is 497. The smallest absolute Gasteiger partial charge is 0.240 e. The van der Waals surface area contributed by atoms with Gasteiger partial charge in [-0.05, 0) is 31.7 Å². The lowest BCUT2D eigenvalue weighted by Crippen LogP contribution is -2.19. The summed E-state index contributed by atoms with van der Waals surface area (Å²) in [5.41, 5.74) is 0.486. The van der Waals surface area contributed by atoms with Gasteiger partial charge in [0.1, 0.15) is 0 Å². The molecule has 1 rings (SSSR count). The Morgan fingerprint density at radius 2 is 2.06 bits per heavy atom. The third-order valence-corrected chi connectivity index (χ3v) is 3.59. The van der Waals surface area contributed by atoms with Gasteiger partial charge in [0.25, 0.3) is 0 Å². The second kappa shape index (κ2) is 5.79.